The van der Waals surface area contributed by atoms with E-state index in [-0.39, 0.29) is 6.61 Å². The fraction of sp³-hybridized carbons (Fsp3) is 0.571. The van der Waals surface area contributed by atoms with Crippen molar-refractivity contribution in [3.8, 4) is 0 Å². The molecule has 2 N–H and O–H groups in total. The maximum absolute atomic E-state index is 9.11. The summed E-state index contributed by atoms with van der Waals surface area (Å²) < 4.78 is 0. The van der Waals surface area contributed by atoms with Gasteiger partial charge < -0.3 is 15.3 Å². The van der Waals surface area contributed by atoms with E-state index in [2.05, 4.69) is 29.3 Å². The van der Waals surface area contributed by atoms with Crippen LogP contribution in [-0.2, 0) is 0 Å². The highest BCUT2D eigenvalue weighted by molar-refractivity contribution is 6.30. The molecule has 2 unspecified atom stereocenters. The Morgan fingerprint density at radius 2 is 2.11 bits per heavy atom. The van der Waals surface area contributed by atoms with E-state index in [9.17, 15) is 0 Å². The van der Waals surface area contributed by atoms with Gasteiger partial charge in [0.1, 0.15) is 0 Å². The topological polar surface area (TPSA) is 35.5 Å². The van der Waals surface area contributed by atoms with Crippen LogP contribution in [0.4, 0.5) is 5.69 Å². The average Bonchev–Trinajstić information content (AvgIpc) is 2.53. The number of rotatable bonds is 3. The van der Waals surface area contributed by atoms with Crippen LogP contribution >= 0.6 is 11.6 Å². The van der Waals surface area contributed by atoms with Crippen LogP contribution in [0, 0.1) is 0 Å². The van der Waals surface area contributed by atoms with E-state index < -0.39 is 0 Å². The Bertz CT molecular complexity index is 369. The van der Waals surface area contributed by atoms with Gasteiger partial charge in [-0.3, -0.25) is 0 Å². The minimum absolute atomic E-state index is 0.235. The minimum atomic E-state index is 0.235. The lowest BCUT2D eigenvalue weighted by molar-refractivity contribution is 0.263. The maximum Gasteiger partial charge on any atom is 0.0446 e. The Balaban J connectivity index is 2.09. The zero-order valence-corrected chi connectivity index (χ0v) is 11.5. The van der Waals surface area contributed by atoms with Crippen molar-refractivity contribution >= 4 is 17.3 Å². The fourth-order valence-electron chi connectivity index (χ4n) is 2.46. The number of aliphatic hydroxyl groups excluding tert-OH is 1. The summed E-state index contributed by atoms with van der Waals surface area (Å²) in [5.41, 5.74) is 1.21. The Labute approximate surface area is 114 Å². The Kier molecular flexibility index (Phi) is 4.87. The lowest BCUT2D eigenvalue weighted by Crippen LogP contribution is -2.40. The third-order valence-electron chi connectivity index (χ3n) is 3.46. The van der Waals surface area contributed by atoms with Crippen LogP contribution in [0.15, 0.2) is 24.3 Å². The van der Waals surface area contributed by atoms with Crippen molar-refractivity contribution in [2.75, 3.05) is 24.6 Å². The third kappa shape index (κ3) is 3.61. The molecule has 1 saturated heterocycles. The zero-order chi connectivity index (χ0) is 13.0. The van der Waals surface area contributed by atoms with Crippen LogP contribution in [0.5, 0.6) is 0 Å². The molecule has 18 heavy (non-hydrogen) atoms. The molecule has 4 heteroatoms. The number of hydrogen-bond acceptors (Lipinski definition) is 3. The Hall–Kier alpha value is -0.770. The van der Waals surface area contributed by atoms with Crippen LogP contribution in [0.3, 0.4) is 0 Å². The fourth-order valence-corrected chi connectivity index (χ4v) is 2.59. The van der Waals surface area contributed by atoms with E-state index in [0.29, 0.717) is 12.1 Å². The van der Waals surface area contributed by atoms with Gasteiger partial charge in [-0.15, -0.1) is 0 Å². The molecule has 2 rings (SSSR count). The average molecular weight is 269 g/mol. The summed E-state index contributed by atoms with van der Waals surface area (Å²) in [6.07, 6.45) is 1.92. The van der Waals surface area contributed by atoms with E-state index >= 15 is 0 Å². The van der Waals surface area contributed by atoms with E-state index in [1.165, 1.54) is 5.69 Å². The minimum Gasteiger partial charge on any atom is -0.396 e. The lowest BCUT2D eigenvalue weighted by atomic mass is 10.2. The van der Waals surface area contributed by atoms with Crippen LogP contribution < -0.4 is 10.2 Å². The molecule has 0 bridgehead atoms. The second kappa shape index (κ2) is 6.41. The van der Waals surface area contributed by atoms with E-state index in [1.807, 2.05) is 12.1 Å². The number of nitrogens with zero attached hydrogens (tertiary/aromatic N) is 1. The lowest BCUT2D eigenvalue weighted by Gasteiger charge is -2.26. The zero-order valence-electron chi connectivity index (χ0n) is 10.8. The number of anilines is 1. The molecule has 0 spiro atoms. The molecule has 0 radical (unpaired) electrons. The predicted molar refractivity (Wildman–Crippen MR) is 76.4 cm³/mol. The van der Waals surface area contributed by atoms with Crippen LogP contribution in [0.1, 0.15) is 19.8 Å². The van der Waals surface area contributed by atoms with Crippen molar-refractivity contribution < 1.29 is 5.11 Å². The van der Waals surface area contributed by atoms with E-state index in [4.69, 9.17) is 16.7 Å². The molecule has 0 amide bonds. The summed E-state index contributed by atoms with van der Waals surface area (Å²) in [5, 5.41) is 13.4. The standard InChI is InChI=1S/C14H21ClN2O/c1-11-6-8-17(10-13(16-11)7-9-18)14-4-2-12(15)3-5-14/h2-5,11,13,16,18H,6-10H2,1H3. The highest BCUT2D eigenvalue weighted by Gasteiger charge is 2.21. The van der Waals surface area contributed by atoms with Crippen LogP contribution in [0.25, 0.3) is 0 Å². The molecule has 1 aromatic carbocycles. The second-order valence-corrected chi connectivity index (χ2v) is 5.42. The quantitative estimate of drug-likeness (QED) is 0.883. The van der Waals surface area contributed by atoms with Crippen molar-refractivity contribution in [3.05, 3.63) is 29.3 Å². The van der Waals surface area contributed by atoms with Crippen molar-refractivity contribution in [1.29, 1.82) is 0 Å². The van der Waals surface area contributed by atoms with Gasteiger partial charge in [0.25, 0.3) is 0 Å². The SMILES string of the molecule is CC1CCN(c2ccc(Cl)cc2)CC(CCO)N1. The number of hydrogen-bond donors (Lipinski definition) is 2. The third-order valence-corrected chi connectivity index (χ3v) is 3.71. The first-order chi connectivity index (χ1) is 8.69. The molecule has 0 aliphatic carbocycles. The van der Waals surface area contributed by atoms with Gasteiger partial charge in [0.2, 0.25) is 0 Å². The molecular formula is C14H21ClN2O. The van der Waals surface area contributed by atoms with Gasteiger partial charge in [0.05, 0.1) is 0 Å². The first kappa shape index (κ1) is 13.7. The molecule has 1 aromatic rings. The summed E-state index contributed by atoms with van der Waals surface area (Å²) in [6.45, 7) is 4.42. The smallest absolute Gasteiger partial charge is 0.0446 e. The molecule has 0 aromatic heterocycles. The Morgan fingerprint density at radius 3 is 2.78 bits per heavy atom. The van der Waals surface area contributed by atoms with E-state index in [1.54, 1.807) is 0 Å². The summed E-state index contributed by atoms with van der Waals surface area (Å²) in [5.74, 6) is 0. The summed E-state index contributed by atoms with van der Waals surface area (Å²) in [4.78, 5) is 2.37. The largest absolute Gasteiger partial charge is 0.396 e. The van der Waals surface area contributed by atoms with Crippen LogP contribution in [0.2, 0.25) is 5.02 Å². The number of halogens is 1. The summed E-state index contributed by atoms with van der Waals surface area (Å²) in [7, 11) is 0. The number of benzene rings is 1. The van der Waals surface area contributed by atoms with Crippen molar-refractivity contribution in [1.82, 2.24) is 5.32 Å². The molecule has 3 nitrogen and oxygen atoms in total. The van der Waals surface area contributed by atoms with Crippen LogP contribution in [-0.4, -0.2) is 36.9 Å². The van der Waals surface area contributed by atoms with Crippen molar-refractivity contribution in [2.45, 2.75) is 31.8 Å². The van der Waals surface area contributed by atoms with Crippen molar-refractivity contribution in [2.24, 2.45) is 0 Å². The monoisotopic (exact) mass is 268 g/mol. The van der Waals surface area contributed by atoms with Gasteiger partial charge in [-0.05, 0) is 44.0 Å². The summed E-state index contributed by atoms with van der Waals surface area (Å²) >= 11 is 5.92. The molecule has 1 heterocycles. The predicted octanol–water partition coefficient (Wildman–Crippen LogP) is 2.28. The van der Waals surface area contributed by atoms with Gasteiger partial charge in [-0.2, -0.15) is 0 Å². The number of nitrogens with one attached hydrogen (secondary N) is 1. The molecule has 100 valence electrons. The maximum atomic E-state index is 9.11. The van der Waals surface area contributed by atoms with Crippen molar-refractivity contribution in [3.63, 3.8) is 0 Å². The summed E-state index contributed by atoms with van der Waals surface area (Å²) in [6, 6.07) is 8.84. The van der Waals surface area contributed by atoms with Gasteiger partial charge in [0.15, 0.2) is 0 Å². The number of aliphatic hydroxyl groups is 1. The van der Waals surface area contributed by atoms with Gasteiger partial charge in [-0.1, -0.05) is 11.6 Å². The highest BCUT2D eigenvalue weighted by Crippen LogP contribution is 2.20. The normalized spacial score (nSPS) is 24.9. The second-order valence-electron chi connectivity index (χ2n) is 4.99. The first-order valence-corrected chi connectivity index (χ1v) is 6.94. The van der Waals surface area contributed by atoms with Gasteiger partial charge in [0, 0.05) is 42.5 Å². The Morgan fingerprint density at radius 1 is 1.39 bits per heavy atom. The molecule has 0 saturated carbocycles. The highest BCUT2D eigenvalue weighted by atomic mass is 35.5. The molecule has 1 fully saturated rings. The molecule has 1 aliphatic rings. The molecule has 1 aliphatic heterocycles. The molecular weight excluding hydrogens is 248 g/mol. The first-order valence-electron chi connectivity index (χ1n) is 6.56. The van der Waals surface area contributed by atoms with Gasteiger partial charge >= 0.3 is 0 Å². The molecule has 2 atom stereocenters. The van der Waals surface area contributed by atoms with Gasteiger partial charge in [-0.25, -0.2) is 0 Å². The van der Waals surface area contributed by atoms with E-state index in [0.717, 1.165) is 31.0 Å².